The molecule has 0 bridgehead atoms. The summed E-state index contributed by atoms with van der Waals surface area (Å²) in [6.07, 6.45) is 3.42. The summed E-state index contributed by atoms with van der Waals surface area (Å²) >= 11 is 0. The van der Waals surface area contributed by atoms with Crippen molar-refractivity contribution < 1.29 is 4.79 Å². The van der Waals surface area contributed by atoms with Crippen molar-refractivity contribution in [3.8, 4) is 0 Å². The molecule has 0 saturated carbocycles. The van der Waals surface area contributed by atoms with Gasteiger partial charge >= 0.3 is 0 Å². The lowest BCUT2D eigenvalue weighted by Crippen LogP contribution is -2.23. The van der Waals surface area contributed by atoms with Crippen molar-refractivity contribution in [3.05, 3.63) is 47.3 Å². The molecule has 2 aromatic rings. The Morgan fingerprint density at radius 1 is 1.50 bits per heavy atom. The Kier molecular flexibility index (Phi) is 3.59. The van der Waals surface area contributed by atoms with Gasteiger partial charge in [0.15, 0.2) is 0 Å². The first-order chi connectivity index (χ1) is 8.70. The van der Waals surface area contributed by atoms with Gasteiger partial charge in [-0.2, -0.15) is 5.10 Å². The molecule has 0 unspecified atom stereocenters. The van der Waals surface area contributed by atoms with Crippen molar-refractivity contribution in [2.75, 3.05) is 5.43 Å². The van der Waals surface area contributed by atoms with Gasteiger partial charge in [-0.25, -0.2) is 0 Å². The topological polar surface area (TPSA) is 95.8 Å². The van der Waals surface area contributed by atoms with Crippen molar-refractivity contribution in [3.63, 3.8) is 0 Å². The van der Waals surface area contributed by atoms with Crippen molar-refractivity contribution in [2.24, 2.45) is 5.84 Å². The van der Waals surface area contributed by atoms with E-state index in [-0.39, 0.29) is 5.91 Å². The Morgan fingerprint density at radius 3 is 2.94 bits per heavy atom. The summed E-state index contributed by atoms with van der Waals surface area (Å²) in [6, 6.07) is 5.34. The third kappa shape index (κ3) is 2.67. The van der Waals surface area contributed by atoms with Crippen LogP contribution in [0.3, 0.4) is 0 Å². The second kappa shape index (κ2) is 5.33. The van der Waals surface area contributed by atoms with Crippen LogP contribution >= 0.6 is 0 Å². The number of benzene rings is 1. The lowest BCUT2D eigenvalue weighted by atomic mass is 10.1. The number of nitrogen functional groups attached to an aromatic ring is 1. The van der Waals surface area contributed by atoms with Crippen molar-refractivity contribution in [1.29, 1.82) is 0 Å². The Morgan fingerprint density at radius 2 is 2.33 bits per heavy atom. The van der Waals surface area contributed by atoms with Gasteiger partial charge in [0.2, 0.25) is 0 Å². The number of anilines is 1. The van der Waals surface area contributed by atoms with Crippen LogP contribution in [0.2, 0.25) is 0 Å². The van der Waals surface area contributed by atoms with Crippen LogP contribution in [0.1, 0.15) is 21.5 Å². The van der Waals surface area contributed by atoms with Gasteiger partial charge in [0.1, 0.15) is 0 Å². The van der Waals surface area contributed by atoms with Crippen LogP contribution in [0.15, 0.2) is 30.6 Å². The van der Waals surface area contributed by atoms with Crippen molar-refractivity contribution in [2.45, 2.75) is 13.5 Å². The molecule has 0 saturated heterocycles. The maximum Gasteiger partial charge on any atom is 0.251 e. The number of aromatic amines is 1. The summed E-state index contributed by atoms with van der Waals surface area (Å²) in [6.45, 7) is 2.32. The molecule has 0 radical (unpaired) electrons. The summed E-state index contributed by atoms with van der Waals surface area (Å²) in [5, 5.41) is 9.34. The molecule has 94 valence electrons. The molecule has 18 heavy (non-hydrogen) atoms. The molecular weight excluding hydrogens is 230 g/mol. The fraction of sp³-hybridized carbons (Fsp3) is 0.167. The van der Waals surface area contributed by atoms with E-state index in [0.29, 0.717) is 12.1 Å². The fourth-order valence-corrected chi connectivity index (χ4v) is 1.66. The summed E-state index contributed by atoms with van der Waals surface area (Å²) in [5.74, 6) is 5.19. The molecule has 0 aliphatic carbocycles. The van der Waals surface area contributed by atoms with Crippen LogP contribution in [0.25, 0.3) is 0 Å². The molecule has 0 spiro atoms. The largest absolute Gasteiger partial charge is 0.348 e. The Bertz CT molecular complexity index is 535. The highest BCUT2D eigenvalue weighted by atomic mass is 16.1. The lowest BCUT2D eigenvalue weighted by Gasteiger charge is -2.08. The molecule has 1 aromatic carbocycles. The number of hydrazine groups is 1. The Labute approximate surface area is 105 Å². The van der Waals surface area contributed by atoms with Crippen molar-refractivity contribution >= 4 is 11.6 Å². The molecule has 6 heteroatoms. The number of H-pyrrole nitrogens is 1. The van der Waals surface area contributed by atoms with Crippen LogP contribution in [0.5, 0.6) is 0 Å². The van der Waals surface area contributed by atoms with Gasteiger partial charge in [-0.1, -0.05) is 0 Å². The van der Waals surface area contributed by atoms with E-state index in [1.54, 1.807) is 24.5 Å². The van der Waals surface area contributed by atoms with Crippen LogP contribution < -0.4 is 16.6 Å². The predicted molar refractivity (Wildman–Crippen MR) is 68.7 cm³/mol. The van der Waals surface area contributed by atoms with Gasteiger partial charge in [-0.05, 0) is 30.7 Å². The van der Waals surface area contributed by atoms with Crippen LogP contribution in [-0.2, 0) is 6.54 Å². The fourth-order valence-electron chi connectivity index (χ4n) is 1.66. The zero-order valence-corrected chi connectivity index (χ0v) is 10.0. The number of hydrogen-bond donors (Lipinski definition) is 4. The molecule has 5 N–H and O–H groups in total. The number of nitrogens with zero attached hydrogens (tertiary/aromatic N) is 1. The number of aryl methyl sites for hydroxylation is 1. The van der Waals surface area contributed by atoms with E-state index in [4.69, 9.17) is 5.84 Å². The average Bonchev–Trinajstić information content (AvgIpc) is 2.88. The number of rotatable bonds is 4. The third-order valence-corrected chi connectivity index (χ3v) is 2.65. The highest BCUT2D eigenvalue weighted by Gasteiger charge is 2.09. The minimum atomic E-state index is -0.114. The first-order valence-electron chi connectivity index (χ1n) is 5.54. The number of carbonyl (C=O) groups is 1. The number of nitrogens with two attached hydrogens (primary N) is 1. The van der Waals surface area contributed by atoms with E-state index in [1.807, 2.05) is 13.0 Å². The monoisotopic (exact) mass is 245 g/mol. The van der Waals surface area contributed by atoms with Gasteiger partial charge < -0.3 is 10.7 Å². The molecule has 6 nitrogen and oxygen atoms in total. The van der Waals surface area contributed by atoms with Gasteiger partial charge in [0.25, 0.3) is 5.91 Å². The first-order valence-corrected chi connectivity index (χ1v) is 5.54. The highest BCUT2D eigenvalue weighted by molar-refractivity contribution is 5.96. The summed E-state index contributed by atoms with van der Waals surface area (Å²) in [7, 11) is 0. The van der Waals surface area contributed by atoms with E-state index in [0.717, 1.165) is 16.8 Å². The molecule has 0 aliphatic heterocycles. The normalized spacial score (nSPS) is 10.1. The quantitative estimate of drug-likeness (QED) is 0.476. The summed E-state index contributed by atoms with van der Waals surface area (Å²) in [5.41, 5.74) is 5.76. The first kappa shape index (κ1) is 12.1. The third-order valence-electron chi connectivity index (χ3n) is 2.65. The molecule has 2 rings (SSSR count). The number of carbonyl (C=O) groups excluding carboxylic acids is 1. The number of nitrogens with one attached hydrogen (secondary N) is 3. The van der Waals surface area contributed by atoms with Gasteiger partial charge in [-0.3, -0.25) is 15.7 Å². The van der Waals surface area contributed by atoms with E-state index < -0.39 is 0 Å². The predicted octanol–water partition coefficient (Wildman–Crippen LogP) is 0.934. The molecular formula is C12H15N5O. The average molecular weight is 245 g/mol. The second-order valence-corrected chi connectivity index (χ2v) is 3.96. The molecule has 1 aromatic heterocycles. The van der Waals surface area contributed by atoms with Crippen LogP contribution in [0, 0.1) is 6.92 Å². The standard InChI is InChI=1S/C12H15N5O/c1-8-4-10(17-13)2-3-11(8)12(18)14-5-9-6-15-16-7-9/h2-4,6-7,17H,5,13H2,1H3,(H,14,18)(H,15,16). The minimum absolute atomic E-state index is 0.114. The zero-order chi connectivity index (χ0) is 13.0. The Hall–Kier alpha value is -2.34. The van der Waals surface area contributed by atoms with Crippen molar-refractivity contribution in [1.82, 2.24) is 15.5 Å². The number of hydrogen-bond acceptors (Lipinski definition) is 4. The molecule has 0 atom stereocenters. The highest BCUT2D eigenvalue weighted by Crippen LogP contribution is 2.14. The van der Waals surface area contributed by atoms with E-state index in [1.165, 1.54) is 0 Å². The van der Waals surface area contributed by atoms with Gasteiger partial charge in [0, 0.05) is 29.6 Å². The van der Waals surface area contributed by atoms with Crippen LogP contribution in [0.4, 0.5) is 5.69 Å². The minimum Gasteiger partial charge on any atom is -0.348 e. The molecule has 1 amide bonds. The molecule has 1 heterocycles. The maximum atomic E-state index is 12.0. The van der Waals surface area contributed by atoms with E-state index >= 15 is 0 Å². The van der Waals surface area contributed by atoms with Gasteiger partial charge in [0.05, 0.1) is 6.20 Å². The zero-order valence-electron chi connectivity index (χ0n) is 10.0. The van der Waals surface area contributed by atoms with E-state index in [2.05, 4.69) is 20.9 Å². The second-order valence-electron chi connectivity index (χ2n) is 3.96. The van der Waals surface area contributed by atoms with Gasteiger partial charge in [-0.15, -0.1) is 0 Å². The lowest BCUT2D eigenvalue weighted by molar-refractivity contribution is 0.0950. The Balaban J connectivity index is 2.04. The number of aromatic nitrogens is 2. The summed E-state index contributed by atoms with van der Waals surface area (Å²) in [4.78, 5) is 12.0. The summed E-state index contributed by atoms with van der Waals surface area (Å²) < 4.78 is 0. The SMILES string of the molecule is Cc1cc(NN)ccc1C(=O)NCc1cn[nH]c1. The van der Waals surface area contributed by atoms with E-state index in [9.17, 15) is 4.79 Å². The number of amides is 1. The molecule has 0 aliphatic rings. The molecule has 0 fully saturated rings. The maximum absolute atomic E-state index is 12.0. The smallest absolute Gasteiger partial charge is 0.251 e. The van der Waals surface area contributed by atoms with Crippen LogP contribution in [-0.4, -0.2) is 16.1 Å².